The summed E-state index contributed by atoms with van der Waals surface area (Å²) in [6, 6.07) is 0. The first-order valence-electron chi connectivity index (χ1n) is 4.43. The van der Waals surface area contributed by atoms with E-state index in [0.29, 0.717) is 12.5 Å². The Hall–Kier alpha value is -0.250. The Morgan fingerprint density at radius 3 is 2.57 bits per heavy atom. The third-order valence-corrected chi connectivity index (χ3v) is 1.66. The van der Waals surface area contributed by atoms with Crippen molar-refractivity contribution in [1.82, 2.24) is 9.55 Å². The van der Waals surface area contributed by atoms with Crippen molar-refractivity contribution in [2.75, 3.05) is 6.54 Å². The van der Waals surface area contributed by atoms with E-state index >= 15 is 0 Å². The zero-order valence-electron chi connectivity index (χ0n) is 8.64. The normalized spacial score (nSPS) is 9.43. The van der Waals surface area contributed by atoms with Crippen LogP contribution in [0.3, 0.4) is 0 Å². The monoisotopic (exact) mass is 239 g/mol. The second kappa shape index (κ2) is 8.09. The summed E-state index contributed by atoms with van der Waals surface area (Å²) in [4.78, 5) is 4.24. The molecule has 84 valence electrons. The fraction of sp³-hybridized carbons (Fsp3) is 0.667. The van der Waals surface area contributed by atoms with Gasteiger partial charge in [0, 0.05) is 19.2 Å². The Morgan fingerprint density at radius 1 is 1.43 bits per heavy atom. The number of nitrogens with two attached hydrogens (primary N) is 1. The van der Waals surface area contributed by atoms with Crippen LogP contribution in [0.1, 0.15) is 19.5 Å². The molecule has 0 aliphatic rings. The number of aromatic nitrogens is 2. The fourth-order valence-corrected chi connectivity index (χ4v) is 1.20. The highest BCUT2D eigenvalue weighted by molar-refractivity contribution is 5.85. The Bertz CT molecular complexity index is 236. The van der Waals surface area contributed by atoms with E-state index in [1.165, 1.54) is 0 Å². The van der Waals surface area contributed by atoms with E-state index < -0.39 is 0 Å². The molecule has 1 rings (SSSR count). The number of nitrogens with zero attached hydrogens (tertiary/aromatic N) is 2. The van der Waals surface area contributed by atoms with E-state index in [1.807, 2.05) is 6.33 Å². The number of hydrogen-bond donors (Lipinski definition) is 1. The third-order valence-electron chi connectivity index (χ3n) is 1.66. The summed E-state index contributed by atoms with van der Waals surface area (Å²) in [7, 11) is 0. The van der Waals surface area contributed by atoms with Crippen molar-refractivity contribution < 1.29 is 0 Å². The van der Waals surface area contributed by atoms with Crippen LogP contribution in [0, 0.1) is 5.92 Å². The first-order chi connectivity index (χ1) is 5.72. The molecule has 0 aliphatic heterocycles. The molecule has 0 amide bonds. The van der Waals surface area contributed by atoms with Crippen LogP contribution in [0.5, 0.6) is 0 Å². The summed E-state index contributed by atoms with van der Waals surface area (Å²) in [6.45, 7) is 6.11. The van der Waals surface area contributed by atoms with E-state index in [9.17, 15) is 0 Å². The SMILES string of the molecule is CC(C)Cn1cnc(CCN)c1.Cl.Cl. The van der Waals surface area contributed by atoms with Gasteiger partial charge in [0.05, 0.1) is 12.0 Å². The van der Waals surface area contributed by atoms with Crippen molar-refractivity contribution in [3.05, 3.63) is 18.2 Å². The summed E-state index contributed by atoms with van der Waals surface area (Å²) < 4.78 is 2.12. The van der Waals surface area contributed by atoms with Crippen LogP contribution in [0.15, 0.2) is 12.5 Å². The van der Waals surface area contributed by atoms with Crippen LogP contribution >= 0.6 is 24.8 Å². The van der Waals surface area contributed by atoms with Crippen molar-refractivity contribution >= 4 is 24.8 Å². The summed E-state index contributed by atoms with van der Waals surface area (Å²) in [6.07, 6.45) is 4.84. The molecule has 0 unspecified atom stereocenters. The standard InChI is InChI=1S/C9H17N3.2ClH/c1-8(2)5-12-6-9(3-4-10)11-7-12;;/h6-8H,3-5,10H2,1-2H3;2*1H. The molecule has 1 aromatic heterocycles. The minimum Gasteiger partial charge on any atom is -0.337 e. The molecular formula is C9H19Cl2N3. The highest BCUT2D eigenvalue weighted by Crippen LogP contribution is 2.01. The predicted octanol–water partition coefficient (Wildman–Crippen LogP) is 1.88. The molecule has 14 heavy (non-hydrogen) atoms. The van der Waals surface area contributed by atoms with Gasteiger partial charge in [0.1, 0.15) is 0 Å². The Morgan fingerprint density at radius 2 is 2.07 bits per heavy atom. The van der Waals surface area contributed by atoms with Crippen LogP contribution in [-0.4, -0.2) is 16.1 Å². The lowest BCUT2D eigenvalue weighted by atomic mass is 10.2. The van der Waals surface area contributed by atoms with Crippen molar-refractivity contribution in [3.63, 3.8) is 0 Å². The van der Waals surface area contributed by atoms with Gasteiger partial charge in [-0.2, -0.15) is 0 Å². The molecule has 0 radical (unpaired) electrons. The summed E-state index contributed by atoms with van der Waals surface area (Å²) in [5.74, 6) is 0.671. The molecule has 1 aromatic rings. The molecule has 0 saturated heterocycles. The Labute approximate surface area is 97.9 Å². The lowest BCUT2D eigenvalue weighted by molar-refractivity contribution is 0.522. The predicted molar refractivity (Wildman–Crippen MR) is 64.3 cm³/mol. The minimum atomic E-state index is 0. The molecule has 0 aliphatic carbocycles. The Kier molecular flexibility index (Phi) is 9.36. The van der Waals surface area contributed by atoms with Gasteiger partial charge in [0.2, 0.25) is 0 Å². The first kappa shape index (κ1) is 16.2. The zero-order chi connectivity index (χ0) is 8.97. The minimum absolute atomic E-state index is 0. The van der Waals surface area contributed by atoms with E-state index in [-0.39, 0.29) is 24.8 Å². The topological polar surface area (TPSA) is 43.8 Å². The van der Waals surface area contributed by atoms with E-state index in [1.54, 1.807) is 0 Å². The van der Waals surface area contributed by atoms with Gasteiger partial charge in [-0.15, -0.1) is 24.8 Å². The van der Waals surface area contributed by atoms with Gasteiger partial charge in [-0.05, 0) is 12.5 Å². The molecule has 0 bridgehead atoms. The van der Waals surface area contributed by atoms with Crippen LogP contribution < -0.4 is 5.73 Å². The second-order valence-corrected chi connectivity index (χ2v) is 3.49. The zero-order valence-corrected chi connectivity index (χ0v) is 10.3. The molecule has 0 atom stereocenters. The van der Waals surface area contributed by atoms with Crippen molar-refractivity contribution in [2.24, 2.45) is 11.7 Å². The van der Waals surface area contributed by atoms with E-state index in [4.69, 9.17) is 5.73 Å². The molecule has 0 fully saturated rings. The Balaban J connectivity index is 0. The van der Waals surface area contributed by atoms with Gasteiger partial charge in [-0.25, -0.2) is 4.98 Å². The van der Waals surface area contributed by atoms with Gasteiger partial charge in [0.15, 0.2) is 0 Å². The largest absolute Gasteiger partial charge is 0.337 e. The fourth-order valence-electron chi connectivity index (χ4n) is 1.20. The van der Waals surface area contributed by atoms with E-state index in [2.05, 4.69) is 29.6 Å². The van der Waals surface area contributed by atoms with Gasteiger partial charge in [-0.1, -0.05) is 13.8 Å². The summed E-state index contributed by atoms with van der Waals surface area (Å²) in [5, 5.41) is 0. The third kappa shape index (κ3) is 5.47. The maximum absolute atomic E-state index is 5.42. The summed E-state index contributed by atoms with van der Waals surface area (Å²) >= 11 is 0. The van der Waals surface area contributed by atoms with Gasteiger partial charge in [-0.3, -0.25) is 0 Å². The van der Waals surface area contributed by atoms with Gasteiger partial charge < -0.3 is 10.3 Å². The first-order valence-corrected chi connectivity index (χ1v) is 4.43. The quantitative estimate of drug-likeness (QED) is 0.873. The average molecular weight is 240 g/mol. The molecule has 5 heteroatoms. The van der Waals surface area contributed by atoms with Crippen LogP contribution in [0.4, 0.5) is 0 Å². The molecule has 2 N–H and O–H groups in total. The van der Waals surface area contributed by atoms with Crippen LogP contribution in [0.25, 0.3) is 0 Å². The molecule has 0 aromatic carbocycles. The lowest BCUT2D eigenvalue weighted by Crippen LogP contribution is -2.03. The number of rotatable bonds is 4. The van der Waals surface area contributed by atoms with Crippen molar-refractivity contribution in [2.45, 2.75) is 26.8 Å². The van der Waals surface area contributed by atoms with Crippen molar-refractivity contribution in [3.8, 4) is 0 Å². The number of imidazole rings is 1. The lowest BCUT2D eigenvalue weighted by Gasteiger charge is -2.03. The molecule has 0 spiro atoms. The highest BCUT2D eigenvalue weighted by Gasteiger charge is 1.99. The molecule has 0 saturated carbocycles. The molecule has 3 nitrogen and oxygen atoms in total. The van der Waals surface area contributed by atoms with Crippen molar-refractivity contribution in [1.29, 1.82) is 0 Å². The highest BCUT2D eigenvalue weighted by atomic mass is 35.5. The molecular weight excluding hydrogens is 221 g/mol. The van der Waals surface area contributed by atoms with Gasteiger partial charge in [0.25, 0.3) is 0 Å². The molecule has 1 heterocycles. The average Bonchev–Trinajstić information content (AvgIpc) is 2.36. The maximum Gasteiger partial charge on any atom is 0.0949 e. The summed E-state index contributed by atoms with van der Waals surface area (Å²) in [5.41, 5.74) is 6.52. The van der Waals surface area contributed by atoms with Crippen LogP contribution in [-0.2, 0) is 13.0 Å². The van der Waals surface area contributed by atoms with E-state index in [0.717, 1.165) is 18.7 Å². The van der Waals surface area contributed by atoms with Gasteiger partial charge >= 0.3 is 0 Å². The number of halogens is 2. The number of hydrogen-bond acceptors (Lipinski definition) is 2. The van der Waals surface area contributed by atoms with Crippen LogP contribution in [0.2, 0.25) is 0 Å². The maximum atomic E-state index is 5.42. The second-order valence-electron chi connectivity index (χ2n) is 3.49. The smallest absolute Gasteiger partial charge is 0.0949 e.